The Morgan fingerprint density at radius 3 is 2.33 bits per heavy atom. The summed E-state index contributed by atoms with van der Waals surface area (Å²) in [6.07, 6.45) is 5.73. The van der Waals surface area contributed by atoms with Crippen LogP contribution >= 0.6 is 0 Å². The summed E-state index contributed by atoms with van der Waals surface area (Å²) in [4.78, 5) is 40.7. The molecule has 4 aliphatic carbocycles. The van der Waals surface area contributed by atoms with E-state index in [1.165, 1.54) is 0 Å². The Morgan fingerprint density at radius 1 is 1.07 bits per heavy atom. The molecule has 1 spiro atoms. The van der Waals surface area contributed by atoms with Gasteiger partial charge in [0.1, 0.15) is 30.0 Å². The summed E-state index contributed by atoms with van der Waals surface area (Å²) in [6.45, 7) is 14.9. The van der Waals surface area contributed by atoms with Gasteiger partial charge in [-0.3, -0.25) is 14.4 Å². The van der Waals surface area contributed by atoms with E-state index in [1.807, 2.05) is 34.6 Å². The van der Waals surface area contributed by atoms with Crippen molar-refractivity contribution in [1.29, 1.82) is 0 Å². The largest absolute Gasteiger partial charge is 0.461 e. The molecular weight excluding hydrogens is 536 g/mol. The Morgan fingerprint density at radius 2 is 1.71 bits per heavy atom. The molecule has 0 radical (unpaired) electrons. The lowest BCUT2D eigenvalue weighted by atomic mass is 9.59. The highest BCUT2D eigenvalue weighted by molar-refractivity contribution is 5.96. The van der Waals surface area contributed by atoms with Crippen LogP contribution in [0, 0.1) is 40.4 Å². The van der Waals surface area contributed by atoms with Crippen molar-refractivity contribution in [1.82, 2.24) is 0 Å². The van der Waals surface area contributed by atoms with E-state index in [0.717, 1.165) is 32.1 Å². The number of unbranched alkanes of at least 4 members (excludes halogenated alkanes) is 4. The van der Waals surface area contributed by atoms with E-state index >= 15 is 0 Å². The fraction of sp³-hybridized carbons (Fsp3) is 0.794. The number of aliphatic hydroxyl groups excluding tert-OH is 2. The molecule has 0 aromatic heterocycles. The smallest absolute Gasteiger partial charge is 0.309 e. The van der Waals surface area contributed by atoms with Crippen LogP contribution in [-0.2, 0) is 23.9 Å². The number of aliphatic hydroxyl groups is 3. The lowest BCUT2D eigenvalue weighted by molar-refractivity contribution is -0.192. The van der Waals surface area contributed by atoms with Gasteiger partial charge in [0.05, 0.1) is 11.3 Å². The van der Waals surface area contributed by atoms with Crippen LogP contribution in [0.4, 0.5) is 0 Å². The summed E-state index contributed by atoms with van der Waals surface area (Å²) in [5.41, 5.74) is -4.80. The number of ether oxygens (including phenoxy) is 2. The first kappa shape index (κ1) is 32.9. The standard InChI is InChI=1S/C34H52O8/c1-9-10-11-12-13-14-25(35)42-33-17-21(5)32-16-20(4)27(36)34(32,40)28(37)23(18-41-30(39)22(6)19(2)3)15-24(29(32)38)26(33)31(33,7)8/h15-16,19,21-22,24,26-28,36-37,40H,9-14,17-18H2,1-8H3/t21-,22?,24+,26-,27+,28-,32+,33+,34-/m1/s1. The van der Waals surface area contributed by atoms with Crippen LogP contribution in [0.2, 0.25) is 0 Å². The molecule has 2 saturated carbocycles. The first-order valence-corrected chi connectivity index (χ1v) is 16.0. The van der Waals surface area contributed by atoms with Crippen molar-refractivity contribution in [3.63, 3.8) is 0 Å². The van der Waals surface area contributed by atoms with Crippen molar-refractivity contribution in [2.75, 3.05) is 6.61 Å². The maximum absolute atomic E-state index is 14.7. The zero-order valence-electron chi connectivity index (χ0n) is 26.7. The number of hydrogen-bond acceptors (Lipinski definition) is 8. The number of Topliss-reactive ketones (excluding diaryl/α,β-unsaturated/α-hetero) is 1. The molecule has 42 heavy (non-hydrogen) atoms. The van der Waals surface area contributed by atoms with Crippen molar-refractivity contribution < 1.29 is 39.2 Å². The molecule has 0 amide bonds. The van der Waals surface area contributed by atoms with Crippen molar-refractivity contribution >= 4 is 17.7 Å². The third kappa shape index (κ3) is 4.71. The zero-order chi connectivity index (χ0) is 31.4. The maximum Gasteiger partial charge on any atom is 0.309 e. The predicted molar refractivity (Wildman–Crippen MR) is 158 cm³/mol. The maximum atomic E-state index is 14.7. The molecule has 236 valence electrons. The van der Waals surface area contributed by atoms with Crippen LogP contribution in [0.5, 0.6) is 0 Å². The van der Waals surface area contributed by atoms with E-state index in [2.05, 4.69) is 6.92 Å². The van der Waals surface area contributed by atoms with E-state index in [-0.39, 0.29) is 35.8 Å². The van der Waals surface area contributed by atoms with Crippen LogP contribution in [0.3, 0.4) is 0 Å². The van der Waals surface area contributed by atoms with Gasteiger partial charge in [-0.05, 0) is 42.7 Å². The fourth-order valence-corrected chi connectivity index (χ4v) is 8.40. The first-order valence-electron chi connectivity index (χ1n) is 16.0. The normalized spacial score (nSPS) is 38.9. The predicted octanol–water partition coefficient (Wildman–Crippen LogP) is 4.68. The molecule has 4 aliphatic rings. The second kappa shape index (κ2) is 11.5. The third-order valence-corrected chi connectivity index (χ3v) is 11.4. The Balaban J connectivity index is 1.74. The van der Waals surface area contributed by atoms with Crippen LogP contribution in [0.1, 0.15) is 100 Å². The number of hydrogen-bond donors (Lipinski definition) is 3. The number of esters is 2. The number of rotatable bonds is 11. The van der Waals surface area contributed by atoms with Gasteiger partial charge < -0.3 is 24.8 Å². The van der Waals surface area contributed by atoms with Gasteiger partial charge in [0.15, 0.2) is 5.78 Å². The molecule has 3 N–H and O–H groups in total. The average molecular weight is 589 g/mol. The van der Waals surface area contributed by atoms with E-state index in [9.17, 15) is 29.7 Å². The summed E-state index contributed by atoms with van der Waals surface area (Å²) in [7, 11) is 0. The van der Waals surface area contributed by atoms with Gasteiger partial charge in [-0.25, -0.2) is 0 Å². The average Bonchev–Trinajstić information content (AvgIpc) is 3.34. The molecule has 2 bridgehead atoms. The fourth-order valence-electron chi connectivity index (χ4n) is 8.40. The SMILES string of the molecule is CCCCCCCC(=O)O[C@@]12C[C@@H](C)[C@]34C=C(C)[C@H](O)[C@@]3(O)[C@H](O)C(COC(=O)C(C)C(C)C)=C[C@H](C4=O)[C@@H]1C2(C)C. The summed E-state index contributed by atoms with van der Waals surface area (Å²) in [6, 6.07) is 0. The number of carbonyl (C=O) groups excluding carboxylic acids is 3. The molecule has 0 aromatic rings. The number of fused-ring (bicyclic) bond motifs is 3. The van der Waals surface area contributed by atoms with E-state index in [0.29, 0.717) is 18.4 Å². The monoisotopic (exact) mass is 588 g/mol. The van der Waals surface area contributed by atoms with Crippen LogP contribution in [0.15, 0.2) is 23.3 Å². The van der Waals surface area contributed by atoms with Gasteiger partial charge in [-0.1, -0.05) is 86.3 Å². The van der Waals surface area contributed by atoms with Gasteiger partial charge in [-0.2, -0.15) is 0 Å². The van der Waals surface area contributed by atoms with Crippen LogP contribution < -0.4 is 0 Å². The summed E-state index contributed by atoms with van der Waals surface area (Å²) >= 11 is 0. The minimum atomic E-state index is -2.27. The van der Waals surface area contributed by atoms with Crippen molar-refractivity contribution in [2.45, 2.75) is 124 Å². The molecule has 8 heteroatoms. The minimum absolute atomic E-state index is 0.0425. The molecule has 2 fully saturated rings. The molecular formula is C34H52O8. The van der Waals surface area contributed by atoms with Gasteiger partial charge in [0.25, 0.3) is 0 Å². The summed E-state index contributed by atoms with van der Waals surface area (Å²) in [5, 5.41) is 35.4. The van der Waals surface area contributed by atoms with Crippen molar-refractivity contribution in [3.05, 3.63) is 23.3 Å². The zero-order valence-corrected chi connectivity index (χ0v) is 26.7. The van der Waals surface area contributed by atoms with Gasteiger partial charge in [0, 0.05) is 23.7 Å². The molecule has 0 aromatic carbocycles. The molecule has 0 heterocycles. The second-order valence-corrected chi connectivity index (χ2v) is 14.5. The highest BCUT2D eigenvalue weighted by Crippen LogP contribution is 2.75. The number of ketones is 1. The second-order valence-electron chi connectivity index (χ2n) is 14.5. The Kier molecular flexibility index (Phi) is 8.98. The Labute approximate surface area is 250 Å². The Bertz CT molecular complexity index is 1150. The Hall–Kier alpha value is -2.03. The van der Waals surface area contributed by atoms with Gasteiger partial charge >= 0.3 is 11.9 Å². The van der Waals surface area contributed by atoms with Gasteiger partial charge in [0.2, 0.25) is 0 Å². The van der Waals surface area contributed by atoms with Crippen LogP contribution in [0.25, 0.3) is 0 Å². The summed E-state index contributed by atoms with van der Waals surface area (Å²) < 4.78 is 12.0. The topological polar surface area (TPSA) is 130 Å². The molecule has 9 atom stereocenters. The molecule has 1 unspecified atom stereocenters. The molecule has 0 aliphatic heterocycles. The quantitative estimate of drug-likeness (QED) is 0.180. The first-order chi connectivity index (χ1) is 19.5. The van der Waals surface area contributed by atoms with E-state index in [1.54, 1.807) is 26.0 Å². The highest BCUT2D eigenvalue weighted by atomic mass is 16.6. The van der Waals surface area contributed by atoms with E-state index in [4.69, 9.17) is 9.47 Å². The molecule has 4 rings (SSSR count). The number of carbonyl (C=O) groups is 3. The third-order valence-electron chi connectivity index (χ3n) is 11.4. The minimum Gasteiger partial charge on any atom is -0.461 e. The van der Waals surface area contributed by atoms with Crippen molar-refractivity contribution in [3.8, 4) is 0 Å². The van der Waals surface area contributed by atoms with Crippen molar-refractivity contribution in [2.24, 2.45) is 40.4 Å². The lowest BCUT2D eigenvalue weighted by Crippen LogP contribution is -2.65. The molecule has 0 saturated heterocycles. The van der Waals surface area contributed by atoms with E-state index < -0.39 is 58.0 Å². The molecule has 8 nitrogen and oxygen atoms in total. The highest BCUT2D eigenvalue weighted by Gasteiger charge is 2.83. The van der Waals surface area contributed by atoms with Crippen LogP contribution in [-0.4, -0.2) is 63.1 Å². The van der Waals surface area contributed by atoms with Gasteiger partial charge in [-0.15, -0.1) is 0 Å². The summed E-state index contributed by atoms with van der Waals surface area (Å²) in [5.74, 6) is -3.18. The number of allylic oxidation sites excluding steroid dienone is 1. The lowest BCUT2D eigenvalue weighted by Gasteiger charge is -2.48.